The summed E-state index contributed by atoms with van der Waals surface area (Å²) in [7, 11) is 3.10. The zero-order valence-corrected chi connectivity index (χ0v) is 18.9. The van der Waals surface area contributed by atoms with E-state index in [0.717, 1.165) is 5.56 Å². The van der Waals surface area contributed by atoms with Crippen LogP contribution in [0.2, 0.25) is 0 Å². The quantitative estimate of drug-likeness (QED) is 0.585. The van der Waals surface area contributed by atoms with Gasteiger partial charge in [0, 0.05) is 6.54 Å². The monoisotopic (exact) mass is 490 g/mol. The highest BCUT2D eigenvalue weighted by molar-refractivity contribution is 9.10. The fraction of sp³-hybridized carbons (Fsp3) is 0.190. The van der Waals surface area contributed by atoms with Crippen LogP contribution < -0.4 is 9.47 Å². The first-order valence-corrected chi connectivity index (χ1v) is 10.5. The lowest BCUT2D eigenvalue weighted by atomic mass is 10.2. The Labute approximate surface area is 186 Å². The number of carboxylic acid groups (broad SMARTS) is 1. The number of ether oxygens (including phenoxy) is 2. The lowest BCUT2D eigenvalue weighted by Crippen LogP contribution is -2.28. The number of thioether (sulfide) groups is 1. The van der Waals surface area contributed by atoms with Crippen LogP contribution in [-0.4, -0.2) is 47.8 Å². The second-order valence-electron chi connectivity index (χ2n) is 6.15. The minimum Gasteiger partial charge on any atom is -0.493 e. The minimum absolute atomic E-state index is 0.139. The molecule has 0 bridgehead atoms. The van der Waals surface area contributed by atoms with Crippen LogP contribution in [0.4, 0.5) is 5.69 Å². The van der Waals surface area contributed by atoms with Gasteiger partial charge in [-0.15, -0.1) is 0 Å². The number of nitrogens with zero attached hydrogens (tertiary/aromatic N) is 2. The Kier molecular flexibility index (Phi) is 6.84. The van der Waals surface area contributed by atoms with Gasteiger partial charge < -0.3 is 14.6 Å². The van der Waals surface area contributed by atoms with E-state index in [1.54, 1.807) is 43.4 Å². The molecule has 0 aromatic heterocycles. The number of benzene rings is 2. The van der Waals surface area contributed by atoms with Crippen molar-refractivity contribution in [1.29, 1.82) is 0 Å². The Balaban J connectivity index is 1.97. The molecule has 2 aromatic carbocycles. The number of methoxy groups -OCH3 is 2. The summed E-state index contributed by atoms with van der Waals surface area (Å²) in [5, 5.41) is 9.66. The first-order valence-electron chi connectivity index (χ1n) is 8.93. The molecule has 1 aliphatic rings. The van der Waals surface area contributed by atoms with Gasteiger partial charge in [-0.25, -0.2) is 9.79 Å². The summed E-state index contributed by atoms with van der Waals surface area (Å²) < 4.78 is 11.4. The fourth-order valence-corrected chi connectivity index (χ4v) is 4.55. The highest BCUT2D eigenvalue weighted by Gasteiger charge is 2.32. The molecule has 0 unspecified atom stereocenters. The molecule has 30 heavy (non-hydrogen) atoms. The van der Waals surface area contributed by atoms with Crippen LogP contribution in [0.1, 0.15) is 22.8 Å². The summed E-state index contributed by atoms with van der Waals surface area (Å²) in [6.07, 6.45) is 1.76. The lowest BCUT2D eigenvalue weighted by Gasteiger charge is -2.12. The van der Waals surface area contributed by atoms with Gasteiger partial charge in [-0.2, -0.15) is 0 Å². The smallest absolute Gasteiger partial charge is 0.335 e. The number of carbonyl (C=O) groups excluding carboxylic acids is 1. The third-order valence-electron chi connectivity index (χ3n) is 4.28. The molecule has 1 saturated heterocycles. The van der Waals surface area contributed by atoms with Crippen LogP contribution in [0, 0.1) is 0 Å². The lowest BCUT2D eigenvalue weighted by molar-refractivity contribution is -0.122. The molecule has 2 aromatic rings. The average Bonchev–Trinajstić information content (AvgIpc) is 3.01. The third-order valence-corrected chi connectivity index (χ3v) is 5.87. The van der Waals surface area contributed by atoms with E-state index in [4.69, 9.17) is 14.6 Å². The number of hydrogen-bond donors (Lipinski definition) is 1. The number of aliphatic imine (C=N–C) groups is 1. The molecule has 0 radical (unpaired) electrons. The van der Waals surface area contributed by atoms with Gasteiger partial charge in [0.1, 0.15) is 0 Å². The largest absolute Gasteiger partial charge is 0.493 e. The SMILES string of the molecule is CCN1C(=O)/C(=C\c2cc(Br)c(OC)c(OC)c2)SC1=Nc1cccc(C(=O)O)c1. The van der Waals surface area contributed by atoms with E-state index >= 15 is 0 Å². The predicted octanol–water partition coefficient (Wildman–Crippen LogP) is 4.79. The standard InChI is InChI=1S/C21H19BrN2O5S/c1-4-24-19(25)17(10-12-8-15(22)18(29-3)16(9-12)28-2)30-21(24)23-14-7-5-6-13(11-14)20(26)27/h5-11H,4H2,1-3H3,(H,26,27)/b17-10+,23-21?. The summed E-state index contributed by atoms with van der Waals surface area (Å²) in [4.78, 5) is 30.6. The summed E-state index contributed by atoms with van der Waals surface area (Å²) in [5.74, 6) is -0.0811. The molecule has 1 N–H and O–H groups in total. The Morgan fingerprint density at radius 2 is 2.03 bits per heavy atom. The zero-order valence-electron chi connectivity index (χ0n) is 16.5. The van der Waals surface area contributed by atoms with Crippen molar-refractivity contribution in [2.45, 2.75) is 6.92 Å². The van der Waals surface area contributed by atoms with Gasteiger partial charge in [-0.1, -0.05) is 6.07 Å². The van der Waals surface area contributed by atoms with Crippen molar-refractivity contribution < 1.29 is 24.2 Å². The van der Waals surface area contributed by atoms with E-state index in [9.17, 15) is 9.59 Å². The number of likely N-dealkylation sites (N-methyl/N-ethyl adjacent to an activating group) is 1. The molecule has 1 aliphatic heterocycles. The number of carboxylic acids is 1. The van der Waals surface area contributed by atoms with Crippen LogP contribution in [0.15, 0.2) is 50.8 Å². The van der Waals surface area contributed by atoms with E-state index in [1.165, 1.54) is 23.9 Å². The van der Waals surface area contributed by atoms with Crippen LogP contribution in [0.5, 0.6) is 11.5 Å². The van der Waals surface area contributed by atoms with E-state index in [2.05, 4.69) is 20.9 Å². The highest BCUT2D eigenvalue weighted by atomic mass is 79.9. The third kappa shape index (κ3) is 4.52. The normalized spacial score (nSPS) is 16.4. The first-order chi connectivity index (χ1) is 14.4. The highest BCUT2D eigenvalue weighted by Crippen LogP contribution is 2.39. The van der Waals surface area contributed by atoms with Gasteiger partial charge >= 0.3 is 5.97 Å². The molecule has 3 rings (SSSR count). The van der Waals surface area contributed by atoms with Crippen molar-refractivity contribution in [2.75, 3.05) is 20.8 Å². The summed E-state index contributed by atoms with van der Waals surface area (Å²) in [6.45, 7) is 2.30. The molecule has 1 fully saturated rings. The van der Waals surface area contributed by atoms with Crippen LogP contribution >= 0.6 is 27.7 Å². The van der Waals surface area contributed by atoms with Gasteiger partial charge in [0.15, 0.2) is 16.7 Å². The molecule has 0 saturated carbocycles. The van der Waals surface area contributed by atoms with Gasteiger partial charge in [-0.3, -0.25) is 9.69 Å². The number of amides is 1. The van der Waals surface area contributed by atoms with Crippen molar-refractivity contribution in [3.63, 3.8) is 0 Å². The maximum atomic E-state index is 12.9. The molecule has 1 heterocycles. The molecule has 0 aliphatic carbocycles. The Hall–Kier alpha value is -2.78. The number of aromatic carboxylic acids is 1. The summed E-state index contributed by atoms with van der Waals surface area (Å²) >= 11 is 4.69. The number of hydrogen-bond acceptors (Lipinski definition) is 6. The van der Waals surface area contributed by atoms with Crippen molar-refractivity contribution in [3.05, 3.63) is 56.9 Å². The molecule has 7 nitrogen and oxygen atoms in total. The van der Waals surface area contributed by atoms with E-state index in [-0.39, 0.29) is 11.5 Å². The minimum atomic E-state index is -1.03. The number of halogens is 1. The van der Waals surface area contributed by atoms with E-state index in [0.29, 0.717) is 38.3 Å². The van der Waals surface area contributed by atoms with Crippen molar-refractivity contribution >= 4 is 56.5 Å². The number of rotatable bonds is 6. The van der Waals surface area contributed by atoms with Crippen LogP contribution in [0.25, 0.3) is 6.08 Å². The van der Waals surface area contributed by atoms with Crippen LogP contribution in [-0.2, 0) is 4.79 Å². The van der Waals surface area contributed by atoms with Gasteiger partial charge in [0.2, 0.25) is 0 Å². The van der Waals surface area contributed by atoms with E-state index in [1.807, 2.05) is 13.0 Å². The van der Waals surface area contributed by atoms with E-state index < -0.39 is 5.97 Å². The molecule has 0 atom stereocenters. The Morgan fingerprint density at radius 3 is 2.67 bits per heavy atom. The Bertz CT molecular complexity index is 1070. The maximum Gasteiger partial charge on any atom is 0.335 e. The second-order valence-corrected chi connectivity index (χ2v) is 8.01. The fourth-order valence-electron chi connectivity index (χ4n) is 2.86. The zero-order chi connectivity index (χ0) is 21.8. The molecular formula is C21H19BrN2O5S. The molecule has 9 heteroatoms. The predicted molar refractivity (Wildman–Crippen MR) is 121 cm³/mol. The van der Waals surface area contributed by atoms with Gasteiger partial charge in [0.05, 0.1) is 34.8 Å². The molecule has 0 spiro atoms. The topological polar surface area (TPSA) is 88.4 Å². The summed E-state index contributed by atoms with van der Waals surface area (Å²) in [6, 6.07) is 9.91. The van der Waals surface area contributed by atoms with Gasteiger partial charge in [0.25, 0.3) is 5.91 Å². The van der Waals surface area contributed by atoms with Crippen molar-refractivity contribution in [1.82, 2.24) is 4.90 Å². The second kappa shape index (κ2) is 9.36. The Morgan fingerprint density at radius 1 is 1.27 bits per heavy atom. The molecule has 156 valence electrons. The number of carbonyl (C=O) groups is 2. The van der Waals surface area contributed by atoms with Crippen molar-refractivity contribution in [3.8, 4) is 11.5 Å². The maximum absolute atomic E-state index is 12.9. The average molecular weight is 491 g/mol. The summed E-state index contributed by atoms with van der Waals surface area (Å²) in [5.41, 5.74) is 1.37. The molecular weight excluding hydrogens is 472 g/mol. The van der Waals surface area contributed by atoms with Crippen molar-refractivity contribution in [2.24, 2.45) is 4.99 Å². The first kappa shape index (κ1) is 21.9. The molecule has 1 amide bonds. The van der Waals surface area contributed by atoms with Gasteiger partial charge in [-0.05, 0) is 76.6 Å². The number of amidine groups is 1. The van der Waals surface area contributed by atoms with Crippen LogP contribution in [0.3, 0.4) is 0 Å².